The molecule has 0 bridgehead atoms. The number of hydrogen-bond acceptors (Lipinski definition) is 4. The molecule has 1 saturated heterocycles. The second kappa shape index (κ2) is 8.97. The average Bonchev–Trinajstić information content (AvgIpc) is 2.88. The highest BCUT2D eigenvalue weighted by Gasteiger charge is 2.32. The van der Waals surface area contributed by atoms with Crippen LogP contribution in [0, 0.1) is 0 Å². The zero-order chi connectivity index (χ0) is 14.3. The minimum absolute atomic E-state index is 0.376. The van der Waals surface area contributed by atoms with Crippen molar-refractivity contribution in [3.8, 4) is 0 Å². The highest BCUT2D eigenvalue weighted by molar-refractivity contribution is 8.83. The molecule has 1 unspecified atom stereocenters. The van der Waals surface area contributed by atoms with E-state index in [0.717, 1.165) is 13.1 Å². The van der Waals surface area contributed by atoms with Crippen molar-refractivity contribution in [2.24, 2.45) is 0 Å². The molecule has 1 heterocycles. The fraction of sp³-hybridized carbons (Fsp3) is 0.923. The number of hydrazone groups is 1. The maximum absolute atomic E-state index is 3.56. The monoisotopic (exact) mass is 305 g/mol. The summed E-state index contributed by atoms with van der Waals surface area (Å²) in [6.45, 7) is 6.70. The molecule has 4 nitrogen and oxygen atoms in total. The summed E-state index contributed by atoms with van der Waals surface area (Å²) in [5.74, 6) is 0. The zero-order valence-corrected chi connectivity index (χ0v) is 14.6. The molecule has 1 aliphatic heterocycles. The molecule has 1 aliphatic rings. The topological polar surface area (TPSA) is 21.5 Å². The van der Waals surface area contributed by atoms with Gasteiger partial charge in [0.15, 0.2) is 0 Å². The maximum atomic E-state index is 3.56. The number of nitrogens with zero attached hydrogens (tertiary/aromatic N) is 3. The van der Waals surface area contributed by atoms with E-state index in [1.165, 1.54) is 30.9 Å². The molecule has 0 aromatic rings. The Morgan fingerprint density at radius 3 is 2.47 bits per heavy atom. The highest BCUT2D eigenvalue weighted by Crippen LogP contribution is 2.33. The molecule has 1 rings (SSSR count). The summed E-state index contributed by atoms with van der Waals surface area (Å²) >= 11 is 0. The molecule has 6 heteroatoms. The molecule has 1 fully saturated rings. The first kappa shape index (κ1) is 17.0. The van der Waals surface area contributed by atoms with Gasteiger partial charge in [0.05, 0.1) is 13.1 Å². The van der Waals surface area contributed by atoms with E-state index >= 15 is 0 Å². The Kier molecular flexibility index (Phi) is 8.02. The molecule has 0 aromatic carbocycles. The molecule has 0 aromatic heterocycles. The average molecular weight is 306 g/mol. The van der Waals surface area contributed by atoms with Crippen LogP contribution in [0.25, 0.3) is 0 Å². The number of unbranched alkanes of at least 4 members (excludes halogenated alkanes) is 3. The molecule has 1 atom stereocenters. The van der Waals surface area contributed by atoms with E-state index in [-0.39, 0.29) is 0 Å². The minimum atomic E-state index is 0.376. The first-order valence-corrected chi connectivity index (χ1v) is 9.43. The summed E-state index contributed by atoms with van der Waals surface area (Å²) in [5.41, 5.74) is 0.376. The zero-order valence-electron chi connectivity index (χ0n) is 13.0. The van der Waals surface area contributed by atoms with Crippen molar-refractivity contribution in [1.82, 2.24) is 15.2 Å². The van der Waals surface area contributed by atoms with Crippen LogP contribution in [0.3, 0.4) is 0 Å². The van der Waals surface area contributed by atoms with E-state index in [0.29, 0.717) is 5.50 Å². The van der Waals surface area contributed by atoms with Crippen LogP contribution in [0.15, 0.2) is 0 Å². The van der Waals surface area contributed by atoms with E-state index in [1.807, 2.05) is 21.6 Å². The predicted octanol–water partition coefficient (Wildman–Crippen LogP) is 2.63. The van der Waals surface area contributed by atoms with Gasteiger partial charge in [0.1, 0.15) is 7.05 Å². The Morgan fingerprint density at radius 2 is 1.95 bits per heavy atom. The lowest BCUT2D eigenvalue weighted by Crippen LogP contribution is -2.43. The third-order valence-electron chi connectivity index (χ3n) is 3.29. The lowest BCUT2D eigenvalue weighted by atomic mass is 10.2. The Hall–Kier alpha value is -0.0700. The van der Waals surface area contributed by atoms with Gasteiger partial charge in [-0.25, -0.2) is 10.3 Å². The van der Waals surface area contributed by atoms with Crippen LogP contribution in [0.2, 0.25) is 0 Å². The maximum Gasteiger partial charge on any atom is 0.342 e. The second-order valence-electron chi connectivity index (χ2n) is 5.08. The predicted molar refractivity (Wildman–Crippen MR) is 88.4 cm³/mol. The number of nitrogens with one attached hydrogen (secondary N) is 1. The van der Waals surface area contributed by atoms with Gasteiger partial charge in [-0.3, -0.25) is 4.90 Å². The smallest absolute Gasteiger partial charge is 0.262 e. The molecule has 112 valence electrons. The standard InChI is InChI=1S/C13H28N4S2/c1-6-8-9-10-11-17(7-2)16(5)13-14-12(15(3)4)18-19-13/h12H,6-11H2,1-5H3/p+1. The van der Waals surface area contributed by atoms with Gasteiger partial charge >= 0.3 is 5.17 Å². The Labute approximate surface area is 126 Å². The summed E-state index contributed by atoms with van der Waals surface area (Å²) in [6, 6.07) is 0. The van der Waals surface area contributed by atoms with Crippen molar-refractivity contribution in [2.45, 2.75) is 45.0 Å². The van der Waals surface area contributed by atoms with Crippen molar-refractivity contribution in [1.29, 1.82) is 0 Å². The summed E-state index contributed by atoms with van der Waals surface area (Å²) in [5, 5.41) is 7.23. The van der Waals surface area contributed by atoms with Crippen LogP contribution in [-0.4, -0.2) is 59.5 Å². The van der Waals surface area contributed by atoms with Crippen LogP contribution in [0.4, 0.5) is 0 Å². The van der Waals surface area contributed by atoms with Crippen molar-refractivity contribution < 1.29 is 4.68 Å². The summed E-state index contributed by atoms with van der Waals surface area (Å²) < 4.78 is 2.28. The van der Waals surface area contributed by atoms with E-state index in [9.17, 15) is 0 Å². The molecule has 0 aliphatic carbocycles. The van der Waals surface area contributed by atoms with Crippen LogP contribution in [0.5, 0.6) is 0 Å². The van der Waals surface area contributed by atoms with Crippen LogP contribution < -0.4 is 5.32 Å². The largest absolute Gasteiger partial charge is 0.342 e. The molecular weight excluding hydrogens is 276 g/mol. The van der Waals surface area contributed by atoms with Crippen LogP contribution >= 0.6 is 21.6 Å². The lowest BCUT2D eigenvalue weighted by molar-refractivity contribution is -0.667. The van der Waals surface area contributed by atoms with Crippen molar-refractivity contribution in [3.63, 3.8) is 0 Å². The SMILES string of the molecule is CCCCCCN(CC)[N+](C)=C1NC(N(C)C)SS1. The molecule has 0 amide bonds. The molecule has 0 radical (unpaired) electrons. The number of hydrogen-bond donors (Lipinski definition) is 1. The van der Waals surface area contributed by atoms with Gasteiger partial charge in [-0.15, -0.1) is 0 Å². The Bertz CT molecular complexity index is 294. The van der Waals surface area contributed by atoms with Gasteiger partial charge in [0, 0.05) is 10.8 Å². The lowest BCUT2D eigenvalue weighted by Gasteiger charge is -2.22. The second-order valence-corrected chi connectivity index (χ2v) is 7.35. The molecule has 19 heavy (non-hydrogen) atoms. The van der Waals surface area contributed by atoms with E-state index in [1.54, 1.807) is 0 Å². The van der Waals surface area contributed by atoms with Gasteiger partial charge in [0.25, 0.3) is 0 Å². The Balaban J connectivity index is 2.50. The van der Waals surface area contributed by atoms with Gasteiger partial charge in [-0.2, -0.15) is 4.68 Å². The first-order chi connectivity index (χ1) is 9.10. The third-order valence-corrected chi connectivity index (χ3v) is 5.95. The molecule has 0 saturated carbocycles. The van der Waals surface area contributed by atoms with Crippen molar-refractivity contribution in [2.75, 3.05) is 34.2 Å². The van der Waals surface area contributed by atoms with E-state index in [4.69, 9.17) is 0 Å². The molecular formula is C13H29N4S2+. The summed E-state index contributed by atoms with van der Waals surface area (Å²) in [7, 11) is 10.1. The Morgan fingerprint density at radius 1 is 1.21 bits per heavy atom. The summed E-state index contributed by atoms with van der Waals surface area (Å²) in [4.78, 5) is 2.20. The number of hydrazine groups is 1. The van der Waals surface area contributed by atoms with Crippen LogP contribution in [-0.2, 0) is 0 Å². The number of rotatable bonds is 8. The third kappa shape index (κ3) is 5.44. The van der Waals surface area contributed by atoms with Gasteiger partial charge in [-0.05, 0) is 38.2 Å². The van der Waals surface area contributed by atoms with Gasteiger partial charge < -0.3 is 0 Å². The van der Waals surface area contributed by atoms with Crippen molar-refractivity contribution in [3.05, 3.63) is 0 Å². The highest BCUT2D eigenvalue weighted by atomic mass is 33.1. The van der Waals surface area contributed by atoms with Gasteiger partial charge in [0.2, 0.25) is 5.50 Å². The van der Waals surface area contributed by atoms with E-state index < -0.39 is 0 Å². The quantitative estimate of drug-likeness (QED) is 0.321. The van der Waals surface area contributed by atoms with Crippen molar-refractivity contribution >= 4 is 26.8 Å². The summed E-state index contributed by atoms with van der Waals surface area (Å²) in [6.07, 6.45) is 5.28. The van der Waals surface area contributed by atoms with Crippen LogP contribution in [0.1, 0.15) is 39.5 Å². The molecule has 1 N–H and O–H groups in total. The fourth-order valence-electron chi connectivity index (χ4n) is 1.98. The minimum Gasteiger partial charge on any atom is -0.262 e. The van der Waals surface area contributed by atoms with E-state index in [2.05, 4.69) is 54.9 Å². The fourth-order valence-corrected chi connectivity index (χ4v) is 4.62. The first-order valence-electron chi connectivity index (χ1n) is 7.22. The molecule has 0 spiro atoms. The normalized spacial score (nSPS) is 21.7. The number of amidine groups is 1. The van der Waals surface area contributed by atoms with Gasteiger partial charge in [-0.1, -0.05) is 26.2 Å².